The van der Waals surface area contributed by atoms with E-state index in [2.05, 4.69) is 40.7 Å². The summed E-state index contributed by atoms with van der Waals surface area (Å²) in [5, 5.41) is 9.95. The van der Waals surface area contributed by atoms with Gasteiger partial charge in [-0.25, -0.2) is 0 Å². The Labute approximate surface area is 118 Å². The van der Waals surface area contributed by atoms with Crippen LogP contribution in [0.3, 0.4) is 0 Å². The molecular formula is C17H29NO. The van der Waals surface area contributed by atoms with Gasteiger partial charge in [0.2, 0.25) is 0 Å². The van der Waals surface area contributed by atoms with E-state index >= 15 is 0 Å². The molecule has 108 valence electrons. The van der Waals surface area contributed by atoms with E-state index in [4.69, 9.17) is 5.73 Å². The first-order chi connectivity index (χ1) is 8.57. The molecule has 2 nitrogen and oxygen atoms in total. The maximum absolute atomic E-state index is 9.95. The zero-order chi connectivity index (χ0) is 14.8. The molecule has 0 aliphatic carbocycles. The summed E-state index contributed by atoms with van der Waals surface area (Å²) in [4.78, 5) is 0. The molecule has 0 heterocycles. The number of phenols is 1. The van der Waals surface area contributed by atoms with Gasteiger partial charge < -0.3 is 10.8 Å². The van der Waals surface area contributed by atoms with Crippen molar-refractivity contribution in [3.63, 3.8) is 0 Å². The quantitative estimate of drug-likeness (QED) is 0.839. The summed E-state index contributed by atoms with van der Waals surface area (Å²) >= 11 is 0. The predicted octanol–water partition coefficient (Wildman–Crippen LogP) is 4.52. The van der Waals surface area contributed by atoms with Gasteiger partial charge in [-0.15, -0.1) is 0 Å². The van der Waals surface area contributed by atoms with Crippen LogP contribution in [-0.4, -0.2) is 5.11 Å². The van der Waals surface area contributed by atoms with Crippen molar-refractivity contribution in [1.82, 2.24) is 0 Å². The fourth-order valence-corrected chi connectivity index (χ4v) is 2.92. The maximum Gasteiger partial charge on any atom is 0.120 e. The molecule has 0 aromatic heterocycles. The number of nitrogens with two attached hydrogens (primary N) is 1. The van der Waals surface area contributed by atoms with E-state index in [1.165, 1.54) is 5.56 Å². The maximum atomic E-state index is 9.95. The van der Waals surface area contributed by atoms with Crippen LogP contribution in [0, 0.1) is 5.41 Å². The van der Waals surface area contributed by atoms with Crippen LogP contribution in [0.15, 0.2) is 18.2 Å². The first kappa shape index (κ1) is 16.0. The summed E-state index contributed by atoms with van der Waals surface area (Å²) in [6.45, 7) is 13.3. The van der Waals surface area contributed by atoms with Gasteiger partial charge in [-0.05, 0) is 35.3 Å². The zero-order valence-electron chi connectivity index (χ0n) is 13.2. The van der Waals surface area contributed by atoms with E-state index in [0.29, 0.717) is 5.75 Å². The highest BCUT2D eigenvalue weighted by Gasteiger charge is 2.28. The molecule has 2 heteroatoms. The Kier molecular flexibility index (Phi) is 4.67. The van der Waals surface area contributed by atoms with E-state index in [9.17, 15) is 5.11 Å². The first-order valence-electron chi connectivity index (χ1n) is 7.16. The van der Waals surface area contributed by atoms with Crippen LogP contribution in [0.1, 0.15) is 71.6 Å². The first-order valence-corrected chi connectivity index (χ1v) is 7.16. The van der Waals surface area contributed by atoms with Crippen molar-refractivity contribution < 1.29 is 5.11 Å². The van der Waals surface area contributed by atoms with Crippen molar-refractivity contribution in [3.05, 3.63) is 29.3 Å². The molecule has 0 saturated carbocycles. The molecule has 1 aromatic rings. The zero-order valence-corrected chi connectivity index (χ0v) is 13.2. The molecule has 0 radical (unpaired) electrons. The monoisotopic (exact) mass is 263 g/mol. The molecule has 1 rings (SSSR count). The molecular weight excluding hydrogens is 234 g/mol. The van der Waals surface area contributed by atoms with Gasteiger partial charge >= 0.3 is 0 Å². The van der Waals surface area contributed by atoms with Crippen LogP contribution >= 0.6 is 0 Å². The fourth-order valence-electron chi connectivity index (χ4n) is 2.92. The van der Waals surface area contributed by atoms with Crippen LogP contribution in [0.5, 0.6) is 5.75 Å². The number of rotatable bonds is 4. The van der Waals surface area contributed by atoms with Crippen molar-refractivity contribution >= 4 is 0 Å². The molecule has 1 unspecified atom stereocenters. The second-order valence-electron chi connectivity index (χ2n) is 7.41. The van der Waals surface area contributed by atoms with Crippen molar-refractivity contribution in [3.8, 4) is 5.75 Å². The largest absolute Gasteiger partial charge is 0.508 e. The highest BCUT2D eigenvalue weighted by atomic mass is 16.3. The third-order valence-electron chi connectivity index (χ3n) is 3.62. The molecule has 19 heavy (non-hydrogen) atoms. The van der Waals surface area contributed by atoms with Gasteiger partial charge in [0.25, 0.3) is 0 Å². The van der Waals surface area contributed by atoms with Crippen molar-refractivity contribution in [2.24, 2.45) is 11.1 Å². The Bertz CT molecular complexity index is 429. The minimum Gasteiger partial charge on any atom is -0.508 e. The highest BCUT2D eigenvalue weighted by Crippen LogP contribution is 2.38. The van der Waals surface area contributed by atoms with Gasteiger partial charge in [-0.2, -0.15) is 0 Å². The average molecular weight is 263 g/mol. The van der Waals surface area contributed by atoms with Crippen LogP contribution in [-0.2, 0) is 5.41 Å². The van der Waals surface area contributed by atoms with Crippen LogP contribution in [0.2, 0.25) is 0 Å². The van der Waals surface area contributed by atoms with Gasteiger partial charge in [0.1, 0.15) is 5.75 Å². The minimum absolute atomic E-state index is 0.0775. The number of benzene rings is 1. The van der Waals surface area contributed by atoms with E-state index in [-0.39, 0.29) is 16.9 Å². The Morgan fingerprint density at radius 2 is 1.74 bits per heavy atom. The molecule has 0 spiro atoms. The Morgan fingerprint density at radius 1 is 1.16 bits per heavy atom. The lowest BCUT2D eigenvalue weighted by Gasteiger charge is -2.33. The second-order valence-corrected chi connectivity index (χ2v) is 7.41. The molecule has 0 saturated heterocycles. The third kappa shape index (κ3) is 4.24. The standard InChI is InChI=1S/C17H29NO/c1-7-14(18)13-10-12(8-9-15(13)19)17(5,6)11-16(2,3)4/h8-10,14,19H,7,11,18H2,1-6H3. The van der Waals surface area contributed by atoms with Crippen LogP contribution in [0.4, 0.5) is 0 Å². The summed E-state index contributed by atoms with van der Waals surface area (Å²) in [7, 11) is 0. The normalized spacial score (nSPS) is 14.5. The van der Waals surface area contributed by atoms with Gasteiger partial charge in [-0.3, -0.25) is 0 Å². The topological polar surface area (TPSA) is 46.2 Å². The Morgan fingerprint density at radius 3 is 2.21 bits per heavy atom. The van der Waals surface area contributed by atoms with Gasteiger partial charge in [0.15, 0.2) is 0 Å². The second kappa shape index (κ2) is 5.54. The summed E-state index contributed by atoms with van der Waals surface area (Å²) in [6.07, 6.45) is 1.92. The van der Waals surface area contributed by atoms with Crippen LogP contribution in [0.25, 0.3) is 0 Å². The molecule has 0 aliphatic heterocycles. The molecule has 3 N–H and O–H groups in total. The highest BCUT2D eigenvalue weighted by molar-refractivity contribution is 5.40. The van der Waals surface area contributed by atoms with Crippen molar-refractivity contribution in [1.29, 1.82) is 0 Å². The smallest absolute Gasteiger partial charge is 0.120 e. The third-order valence-corrected chi connectivity index (χ3v) is 3.62. The number of hydrogen-bond acceptors (Lipinski definition) is 2. The summed E-state index contributed by atoms with van der Waals surface area (Å²) in [6, 6.07) is 5.79. The average Bonchev–Trinajstić information content (AvgIpc) is 2.25. The molecule has 1 atom stereocenters. The Balaban J connectivity index is 3.14. The van der Waals surface area contributed by atoms with Gasteiger partial charge in [0, 0.05) is 11.6 Å². The van der Waals surface area contributed by atoms with E-state index < -0.39 is 0 Å². The molecule has 0 fully saturated rings. The van der Waals surface area contributed by atoms with Gasteiger partial charge in [0.05, 0.1) is 0 Å². The van der Waals surface area contributed by atoms with Crippen molar-refractivity contribution in [2.75, 3.05) is 0 Å². The number of aromatic hydroxyl groups is 1. The van der Waals surface area contributed by atoms with E-state index in [1.807, 2.05) is 13.0 Å². The molecule has 0 aliphatic rings. The summed E-state index contributed by atoms with van der Waals surface area (Å²) in [5.74, 6) is 0.310. The fraction of sp³-hybridized carbons (Fsp3) is 0.647. The molecule has 0 amide bonds. The number of phenolic OH excluding ortho intramolecular Hbond substituents is 1. The van der Waals surface area contributed by atoms with Gasteiger partial charge in [-0.1, -0.05) is 53.7 Å². The van der Waals surface area contributed by atoms with Crippen molar-refractivity contribution in [2.45, 2.75) is 65.8 Å². The lowest BCUT2D eigenvalue weighted by molar-refractivity contribution is 0.284. The Hall–Kier alpha value is -1.02. The molecule has 0 bridgehead atoms. The van der Waals surface area contributed by atoms with E-state index in [1.54, 1.807) is 6.07 Å². The minimum atomic E-state index is -0.0922. The number of hydrogen-bond donors (Lipinski definition) is 2. The lowest BCUT2D eigenvalue weighted by atomic mass is 9.72. The lowest BCUT2D eigenvalue weighted by Crippen LogP contribution is -2.25. The SMILES string of the molecule is CCC(N)c1cc(C(C)(C)CC(C)(C)C)ccc1O. The molecule has 1 aromatic carbocycles. The summed E-state index contributed by atoms with van der Waals surface area (Å²) in [5.41, 5.74) is 8.54. The summed E-state index contributed by atoms with van der Waals surface area (Å²) < 4.78 is 0. The van der Waals surface area contributed by atoms with Crippen LogP contribution < -0.4 is 5.73 Å². The predicted molar refractivity (Wildman–Crippen MR) is 82.4 cm³/mol. The van der Waals surface area contributed by atoms with E-state index in [0.717, 1.165) is 18.4 Å².